The molecule has 1 aliphatic rings. The van der Waals surface area contributed by atoms with E-state index in [-0.39, 0.29) is 5.91 Å². The quantitative estimate of drug-likeness (QED) is 0.938. The Hall–Kier alpha value is -2.24. The van der Waals surface area contributed by atoms with Crippen molar-refractivity contribution in [2.24, 2.45) is 0 Å². The second kappa shape index (κ2) is 6.34. The SMILES string of the molecule is CCN1C(=O)C(OC)C(O)(c2ccccc2)c2ccc(CF)cc21. The van der Waals surface area contributed by atoms with Gasteiger partial charge in [-0.15, -0.1) is 0 Å². The first-order chi connectivity index (χ1) is 11.6. The maximum atomic E-state index is 13.1. The van der Waals surface area contributed by atoms with Crippen LogP contribution < -0.4 is 4.90 Å². The number of aliphatic hydroxyl groups is 1. The maximum absolute atomic E-state index is 13.1. The van der Waals surface area contributed by atoms with E-state index >= 15 is 0 Å². The predicted octanol–water partition coefficient (Wildman–Crippen LogP) is 2.77. The highest BCUT2D eigenvalue weighted by atomic mass is 19.1. The van der Waals surface area contributed by atoms with Crippen molar-refractivity contribution in [3.63, 3.8) is 0 Å². The van der Waals surface area contributed by atoms with E-state index in [4.69, 9.17) is 4.74 Å². The number of anilines is 1. The van der Waals surface area contributed by atoms with Gasteiger partial charge in [-0.2, -0.15) is 0 Å². The van der Waals surface area contributed by atoms with Crippen molar-refractivity contribution < 1.29 is 19.0 Å². The van der Waals surface area contributed by atoms with E-state index < -0.39 is 18.4 Å². The molecule has 2 aromatic rings. The minimum Gasteiger partial charge on any atom is -0.377 e. The molecule has 0 aliphatic carbocycles. The third-order valence-electron chi connectivity index (χ3n) is 4.55. The van der Waals surface area contributed by atoms with Gasteiger partial charge < -0.3 is 14.7 Å². The van der Waals surface area contributed by atoms with Crippen molar-refractivity contribution in [1.82, 2.24) is 0 Å². The Kier molecular flexibility index (Phi) is 4.39. The molecule has 0 aromatic heterocycles. The largest absolute Gasteiger partial charge is 0.377 e. The number of fused-ring (bicyclic) bond motifs is 1. The van der Waals surface area contributed by atoms with Crippen molar-refractivity contribution in [2.45, 2.75) is 25.3 Å². The zero-order valence-corrected chi connectivity index (χ0v) is 13.7. The third kappa shape index (κ3) is 2.32. The van der Waals surface area contributed by atoms with Crippen LogP contribution in [0.25, 0.3) is 0 Å². The Bertz CT molecular complexity index is 750. The van der Waals surface area contributed by atoms with Crippen LogP contribution in [0.2, 0.25) is 0 Å². The predicted molar refractivity (Wildman–Crippen MR) is 89.5 cm³/mol. The standard InChI is InChI=1S/C19H20FNO3/c1-3-21-16-11-13(12-20)9-10-15(16)19(23,17(24-2)18(21)22)14-7-5-4-6-8-14/h4-11,17,23H,3,12H2,1-2H3. The molecule has 2 aromatic carbocycles. The van der Waals surface area contributed by atoms with E-state index in [2.05, 4.69) is 0 Å². The van der Waals surface area contributed by atoms with Crippen molar-refractivity contribution in [2.75, 3.05) is 18.6 Å². The van der Waals surface area contributed by atoms with E-state index in [1.165, 1.54) is 12.0 Å². The molecule has 2 unspecified atom stereocenters. The summed E-state index contributed by atoms with van der Waals surface area (Å²) >= 11 is 0. The summed E-state index contributed by atoms with van der Waals surface area (Å²) in [4.78, 5) is 14.4. The number of ether oxygens (including phenoxy) is 1. The normalized spacial score (nSPS) is 23.2. The number of alkyl halides is 1. The number of hydrogen-bond acceptors (Lipinski definition) is 3. The molecule has 0 saturated heterocycles. The summed E-state index contributed by atoms with van der Waals surface area (Å²) in [6.45, 7) is 1.62. The van der Waals surface area contributed by atoms with E-state index in [0.29, 0.717) is 28.9 Å². The van der Waals surface area contributed by atoms with Crippen molar-refractivity contribution >= 4 is 11.6 Å². The molecule has 126 valence electrons. The first kappa shape index (κ1) is 16.6. The third-order valence-corrected chi connectivity index (χ3v) is 4.55. The minimum absolute atomic E-state index is 0.338. The average Bonchev–Trinajstić information content (AvgIpc) is 2.62. The smallest absolute Gasteiger partial charge is 0.259 e. The van der Waals surface area contributed by atoms with Crippen LogP contribution in [0.3, 0.4) is 0 Å². The first-order valence-electron chi connectivity index (χ1n) is 7.89. The molecule has 0 bridgehead atoms. The molecule has 1 N–H and O–H groups in total. The molecule has 24 heavy (non-hydrogen) atoms. The van der Waals surface area contributed by atoms with Crippen molar-refractivity contribution in [3.8, 4) is 0 Å². The molecule has 1 amide bonds. The number of amides is 1. The van der Waals surface area contributed by atoms with E-state index in [1.807, 2.05) is 13.0 Å². The summed E-state index contributed by atoms with van der Waals surface area (Å²) in [5, 5.41) is 11.5. The maximum Gasteiger partial charge on any atom is 0.259 e. The Labute approximate surface area is 140 Å². The van der Waals surface area contributed by atoms with Crippen LogP contribution in [-0.2, 0) is 21.8 Å². The first-order valence-corrected chi connectivity index (χ1v) is 7.89. The number of benzene rings is 2. The zero-order valence-electron chi connectivity index (χ0n) is 13.7. The number of likely N-dealkylation sites (N-methyl/N-ethyl adjacent to an activating group) is 1. The van der Waals surface area contributed by atoms with Crippen LogP contribution >= 0.6 is 0 Å². The van der Waals surface area contributed by atoms with Crippen LogP contribution in [0.5, 0.6) is 0 Å². The van der Waals surface area contributed by atoms with Gasteiger partial charge in [0.25, 0.3) is 5.91 Å². The lowest BCUT2D eigenvalue weighted by atomic mass is 9.77. The molecule has 0 fully saturated rings. The summed E-state index contributed by atoms with van der Waals surface area (Å²) in [7, 11) is 1.41. The van der Waals surface area contributed by atoms with Gasteiger partial charge in [0.15, 0.2) is 11.7 Å². The second-order valence-corrected chi connectivity index (χ2v) is 5.82. The number of methoxy groups -OCH3 is 1. The van der Waals surface area contributed by atoms with E-state index in [9.17, 15) is 14.3 Å². The fourth-order valence-electron chi connectivity index (χ4n) is 3.38. The fourth-order valence-corrected chi connectivity index (χ4v) is 3.38. The molecular formula is C19H20FNO3. The fraction of sp³-hybridized carbons (Fsp3) is 0.316. The number of carbonyl (C=O) groups excluding carboxylic acids is 1. The number of halogens is 1. The summed E-state index contributed by atoms with van der Waals surface area (Å²) in [5.41, 5.74) is 0.473. The Morgan fingerprint density at radius 2 is 1.96 bits per heavy atom. The molecule has 3 rings (SSSR count). The van der Waals surface area contributed by atoms with Gasteiger partial charge in [-0.3, -0.25) is 4.79 Å². The molecule has 4 nitrogen and oxygen atoms in total. The van der Waals surface area contributed by atoms with Gasteiger partial charge in [0, 0.05) is 19.2 Å². The van der Waals surface area contributed by atoms with Gasteiger partial charge in [0.05, 0.1) is 5.69 Å². The van der Waals surface area contributed by atoms with Gasteiger partial charge >= 0.3 is 0 Å². The number of hydrogen-bond donors (Lipinski definition) is 1. The highest BCUT2D eigenvalue weighted by Gasteiger charge is 2.52. The highest BCUT2D eigenvalue weighted by molar-refractivity contribution is 6.01. The lowest BCUT2D eigenvalue weighted by Gasteiger charge is -2.44. The van der Waals surface area contributed by atoms with Crippen molar-refractivity contribution in [1.29, 1.82) is 0 Å². The Morgan fingerprint density at radius 3 is 2.54 bits per heavy atom. The van der Waals surface area contributed by atoms with Gasteiger partial charge in [-0.25, -0.2) is 4.39 Å². The van der Waals surface area contributed by atoms with Crippen LogP contribution in [0.4, 0.5) is 10.1 Å². The lowest BCUT2D eigenvalue weighted by molar-refractivity contribution is -0.145. The summed E-state index contributed by atoms with van der Waals surface area (Å²) in [6, 6.07) is 13.9. The molecule has 1 heterocycles. The number of rotatable bonds is 4. The molecule has 0 spiro atoms. The molecule has 2 atom stereocenters. The van der Waals surface area contributed by atoms with E-state index in [1.54, 1.807) is 42.5 Å². The monoisotopic (exact) mass is 329 g/mol. The van der Waals surface area contributed by atoms with Gasteiger partial charge in [0.1, 0.15) is 6.67 Å². The molecule has 5 heteroatoms. The zero-order chi connectivity index (χ0) is 17.3. The van der Waals surface area contributed by atoms with Crippen molar-refractivity contribution in [3.05, 3.63) is 65.2 Å². The van der Waals surface area contributed by atoms with E-state index in [0.717, 1.165) is 0 Å². The molecule has 0 radical (unpaired) electrons. The Morgan fingerprint density at radius 1 is 1.25 bits per heavy atom. The Balaban J connectivity index is 2.30. The average molecular weight is 329 g/mol. The van der Waals surface area contributed by atoms with Gasteiger partial charge in [-0.1, -0.05) is 42.5 Å². The van der Waals surface area contributed by atoms with Gasteiger partial charge in [-0.05, 0) is 24.1 Å². The van der Waals surface area contributed by atoms with Crippen LogP contribution in [0.1, 0.15) is 23.6 Å². The number of carbonyl (C=O) groups is 1. The van der Waals surface area contributed by atoms with Crippen LogP contribution in [0.15, 0.2) is 48.5 Å². The summed E-state index contributed by atoms with van der Waals surface area (Å²) in [5.74, 6) is -0.338. The highest BCUT2D eigenvalue weighted by Crippen LogP contribution is 2.44. The minimum atomic E-state index is -1.62. The molecule has 0 saturated carbocycles. The molecular weight excluding hydrogens is 309 g/mol. The molecule has 1 aliphatic heterocycles. The second-order valence-electron chi connectivity index (χ2n) is 5.82. The van der Waals surface area contributed by atoms with Gasteiger partial charge in [0.2, 0.25) is 0 Å². The summed E-state index contributed by atoms with van der Waals surface area (Å²) in [6.07, 6.45) is -1.07. The lowest BCUT2D eigenvalue weighted by Crippen LogP contribution is -2.57. The number of nitrogens with zero attached hydrogens (tertiary/aromatic N) is 1. The topological polar surface area (TPSA) is 49.8 Å². The van der Waals surface area contributed by atoms with Crippen LogP contribution in [-0.4, -0.2) is 30.8 Å². The van der Waals surface area contributed by atoms with Crippen LogP contribution in [0, 0.1) is 0 Å². The summed E-state index contributed by atoms with van der Waals surface area (Å²) < 4.78 is 18.5.